The Kier molecular flexibility index (Phi) is 6.59. The van der Waals surface area contributed by atoms with E-state index < -0.39 is 11.7 Å². The van der Waals surface area contributed by atoms with E-state index in [2.05, 4.69) is 25.5 Å². The molecule has 3 aromatic heterocycles. The minimum Gasteiger partial charge on any atom is -0.321 e. The Bertz CT molecular complexity index is 1470. The highest BCUT2D eigenvalue weighted by molar-refractivity contribution is 7.98. The molecular weight excluding hydrogens is 490 g/mol. The van der Waals surface area contributed by atoms with Crippen molar-refractivity contribution in [1.29, 1.82) is 0 Å². The monoisotopic (exact) mass is 506 g/mol. The first-order valence-corrected chi connectivity index (χ1v) is 12.2. The lowest BCUT2D eigenvalue weighted by atomic mass is 10.2. The van der Waals surface area contributed by atoms with Crippen LogP contribution >= 0.6 is 23.1 Å². The standard InChI is InChI=1S/C24H16F2N6OS2/c25-16-5-7-17(8-6-16)28-23(33)19-13-34-21(29-19)14-35-24-31-30-22(15-9-11-27-12-10-15)32(24)20-4-2-1-3-18(20)26/h1-13H,14H2,(H,28,33). The number of anilines is 1. The Labute approximate surface area is 206 Å². The van der Waals surface area contributed by atoms with Gasteiger partial charge in [0, 0.05) is 29.0 Å². The van der Waals surface area contributed by atoms with Gasteiger partial charge in [-0.3, -0.25) is 14.3 Å². The van der Waals surface area contributed by atoms with Crippen molar-refractivity contribution >= 4 is 34.7 Å². The normalized spacial score (nSPS) is 10.9. The van der Waals surface area contributed by atoms with Crippen LogP contribution in [0.4, 0.5) is 14.5 Å². The van der Waals surface area contributed by atoms with Gasteiger partial charge in [0.15, 0.2) is 11.0 Å². The van der Waals surface area contributed by atoms with Crippen molar-refractivity contribution < 1.29 is 13.6 Å². The predicted octanol–water partition coefficient (Wildman–Crippen LogP) is 5.61. The maximum atomic E-state index is 14.7. The summed E-state index contributed by atoms with van der Waals surface area (Å²) in [6.07, 6.45) is 3.27. The number of nitrogens with one attached hydrogen (secondary N) is 1. The number of amides is 1. The van der Waals surface area contributed by atoms with Gasteiger partial charge in [-0.1, -0.05) is 23.9 Å². The van der Waals surface area contributed by atoms with Crippen LogP contribution in [0.1, 0.15) is 15.5 Å². The maximum Gasteiger partial charge on any atom is 0.275 e. The van der Waals surface area contributed by atoms with Crippen LogP contribution in [0.5, 0.6) is 0 Å². The number of hydrogen-bond donors (Lipinski definition) is 1. The van der Waals surface area contributed by atoms with Crippen LogP contribution in [-0.2, 0) is 5.75 Å². The second-order valence-corrected chi connectivity index (χ2v) is 9.09. The third-order valence-electron chi connectivity index (χ3n) is 4.88. The highest BCUT2D eigenvalue weighted by atomic mass is 32.2. The van der Waals surface area contributed by atoms with Crippen molar-refractivity contribution in [2.75, 3.05) is 5.32 Å². The number of benzene rings is 2. The summed E-state index contributed by atoms with van der Waals surface area (Å²) in [4.78, 5) is 20.9. The lowest BCUT2D eigenvalue weighted by Gasteiger charge is -2.10. The molecule has 5 rings (SSSR count). The Balaban J connectivity index is 1.36. The fourth-order valence-electron chi connectivity index (χ4n) is 3.24. The molecule has 174 valence electrons. The van der Waals surface area contributed by atoms with Gasteiger partial charge >= 0.3 is 0 Å². The van der Waals surface area contributed by atoms with Crippen LogP contribution < -0.4 is 5.32 Å². The quantitative estimate of drug-likeness (QED) is 0.289. The Morgan fingerprint density at radius 1 is 1.00 bits per heavy atom. The van der Waals surface area contributed by atoms with Crippen molar-refractivity contribution in [3.63, 3.8) is 0 Å². The van der Waals surface area contributed by atoms with Gasteiger partial charge in [0.25, 0.3) is 5.91 Å². The summed E-state index contributed by atoms with van der Waals surface area (Å²) in [5.74, 6) is -0.293. The van der Waals surface area contributed by atoms with Crippen LogP contribution in [0, 0.1) is 11.6 Å². The van der Waals surface area contributed by atoms with E-state index in [1.165, 1.54) is 53.4 Å². The van der Waals surface area contributed by atoms with Gasteiger partial charge in [-0.05, 0) is 48.5 Å². The predicted molar refractivity (Wildman–Crippen MR) is 131 cm³/mol. The van der Waals surface area contributed by atoms with E-state index in [1.54, 1.807) is 52.7 Å². The van der Waals surface area contributed by atoms with Gasteiger partial charge < -0.3 is 5.32 Å². The van der Waals surface area contributed by atoms with Crippen molar-refractivity contribution in [2.45, 2.75) is 10.9 Å². The zero-order valence-electron chi connectivity index (χ0n) is 17.9. The molecule has 0 aliphatic heterocycles. The average molecular weight is 507 g/mol. The average Bonchev–Trinajstić information content (AvgIpc) is 3.52. The molecule has 35 heavy (non-hydrogen) atoms. The highest BCUT2D eigenvalue weighted by Gasteiger charge is 2.19. The molecule has 0 saturated heterocycles. The fraction of sp³-hybridized carbons (Fsp3) is 0.0417. The number of carbonyl (C=O) groups excluding carboxylic acids is 1. The molecular formula is C24H16F2N6OS2. The van der Waals surface area contributed by atoms with Gasteiger partial charge in [-0.15, -0.1) is 21.5 Å². The Hall–Kier alpha value is -3.96. The lowest BCUT2D eigenvalue weighted by Crippen LogP contribution is -2.12. The molecule has 3 heterocycles. The first kappa shape index (κ1) is 22.8. The first-order chi connectivity index (χ1) is 17.1. The van der Waals surface area contributed by atoms with Crippen LogP contribution in [0.15, 0.2) is 83.6 Å². The van der Waals surface area contributed by atoms with Crippen LogP contribution in [0.25, 0.3) is 17.1 Å². The number of thioether (sulfide) groups is 1. The molecule has 0 bridgehead atoms. The number of carbonyl (C=O) groups is 1. The molecule has 0 aliphatic carbocycles. The number of hydrogen-bond acceptors (Lipinski definition) is 7. The van der Waals surface area contributed by atoms with E-state index >= 15 is 0 Å². The largest absolute Gasteiger partial charge is 0.321 e. The van der Waals surface area contributed by atoms with Gasteiger partial charge in [0.1, 0.15) is 22.3 Å². The number of thiazole rings is 1. The minimum absolute atomic E-state index is 0.253. The molecule has 5 aromatic rings. The summed E-state index contributed by atoms with van der Waals surface area (Å²) in [7, 11) is 0. The van der Waals surface area contributed by atoms with Gasteiger partial charge in [-0.2, -0.15) is 0 Å². The molecule has 0 atom stereocenters. The summed E-state index contributed by atoms with van der Waals surface area (Å²) < 4.78 is 29.4. The second-order valence-electron chi connectivity index (χ2n) is 7.21. The third kappa shape index (κ3) is 5.10. The molecule has 11 heteroatoms. The van der Waals surface area contributed by atoms with E-state index in [0.29, 0.717) is 33.1 Å². The molecule has 7 nitrogen and oxygen atoms in total. The van der Waals surface area contributed by atoms with Gasteiger partial charge in [0.2, 0.25) is 0 Å². The molecule has 0 aliphatic rings. The molecule has 2 aromatic carbocycles. The third-order valence-corrected chi connectivity index (χ3v) is 6.85. The van der Waals surface area contributed by atoms with Crippen molar-refractivity contribution in [3.05, 3.63) is 101 Å². The van der Waals surface area contributed by atoms with Crippen molar-refractivity contribution in [2.24, 2.45) is 0 Å². The number of nitrogens with zero attached hydrogens (tertiary/aromatic N) is 5. The lowest BCUT2D eigenvalue weighted by molar-refractivity contribution is 0.102. The topological polar surface area (TPSA) is 85.6 Å². The molecule has 0 unspecified atom stereocenters. The first-order valence-electron chi connectivity index (χ1n) is 10.3. The second kappa shape index (κ2) is 10.1. The number of aromatic nitrogens is 5. The summed E-state index contributed by atoms with van der Waals surface area (Å²) in [6.45, 7) is 0. The highest BCUT2D eigenvalue weighted by Crippen LogP contribution is 2.31. The Morgan fingerprint density at radius 3 is 2.54 bits per heavy atom. The van der Waals surface area contributed by atoms with Crippen LogP contribution in [-0.4, -0.2) is 30.6 Å². The molecule has 0 fully saturated rings. The molecule has 0 saturated carbocycles. The zero-order chi connectivity index (χ0) is 24.2. The number of halogens is 2. The van der Waals surface area contributed by atoms with Gasteiger partial charge in [0.05, 0.1) is 11.4 Å². The SMILES string of the molecule is O=C(Nc1ccc(F)cc1)c1csc(CSc2nnc(-c3ccncc3)n2-c2ccccc2F)n1. The van der Waals surface area contributed by atoms with E-state index in [0.717, 1.165) is 5.56 Å². The Morgan fingerprint density at radius 2 is 1.77 bits per heavy atom. The number of rotatable bonds is 7. The summed E-state index contributed by atoms with van der Waals surface area (Å²) in [5, 5.41) is 14.1. The number of para-hydroxylation sites is 1. The number of pyridine rings is 1. The van der Waals surface area contributed by atoms with E-state index in [4.69, 9.17) is 0 Å². The maximum absolute atomic E-state index is 14.7. The fourth-order valence-corrected chi connectivity index (χ4v) is 4.97. The van der Waals surface area contributed by atoms with E-state index in [9.17, 15) is 13.6 Å². The van der Waals surface area contributed by atoms with Crippen LogP contribution in [0.2, 0.25) is 0 Å². The molecule has 1 N–H and O–H groups in total. The van der Waals surface area contributed by atoms with Gasteiger partial charge in [-0.25, -0.2) is 13.8 Å². The summed E-state index contributed by atoms with van der Waals surface area (Å²) in [6, 6.07) is 15.5. The van der Waals surface area contributed by atoms with E-state index in [1.807, 2.05) is 0 Å². The van der Waals surface area contributed by atoms with Crippen molar-refractivity contribution in [1.82, 2.24) is 24.7 Å². The van der Waals surface area contributed by atoms with Crippen molar-refractivity contribution in [3.8, 4) is 17.1 Å². The summed E-state index contributed by atoms with van der Waals surface area (Å²) in [5.41, 5.74) is 1.80. The molecule has 0 radical (unpaired) electrons. The smallest absolute Gasteiger partial charge is 0.275 e. The van der Waals surface area contributed by atoms with E-state index in [-0.39, 0.29) is 11.5 Å². The summed E-state index contributed by atoms with van der Waals surface area (Å²) >= 11 is 2.66. The zero-order valence-corrected chi connectivity index (χ0v) is 19.6. The molecule has 0 spiro atoms. The minimum atomic E-state index is -0.404. The van der Waals surface area contributed by atoms with Crippen LogP contribution in [0.3, 0.4) is 0 Å². The molecule has 1 amide bonds.